The number of benzene rings is 1. The lowest BCUT2D eigenvalue weighted by atomic mass is 9.84. The molecule has 4 aromatic rings. The van der Waals surface area contributed by atoms with Gasteiger partial charge >= 0.3 is 0 Å². The van der Waals surface area contributed by atoms with E-state index >= 15 is 0 Å². The monoisotopic (exact) mass is 560 g/mol. The lowest BCUT2D eigenvalue weighted by molar-refractivity contribution is -0.128. The maximum Gasteiger partial charge on any atom is 0.251 e. The fourth-order valence-corrected chi connectivity index (χ4v) is 6.01. The second-order valence-electron chi connectivity index (χ2n) is 11.4. The summed E-state index contributed by atoms with van der Waals surface area (Å²) in [6.07, 6.45) is 6.15. The standard InChI is InChI=1S/C30H36N6O3S/c1-20-12-17-24(39-20)28-32-34-35(33-28)19-26(37)36(23-15-13-22(14-16-23)21-9-6-5-7-10-21)27(25-11-8-18-40-25)29(38)31-30(2,3)4/h8,11-18,21,27H,5-7,9-10,19H2,1-4H3,(H,31,38)/t27-/m1/s1. The number of furan rings is 1. The molecule has 40 heavy (non-hydrogen) atoms. The molecular formula is C30H36N6O3S. The molecule has 1 fully saturated rings. The van der Waals surface area contributed by atoms with Crippen LogP contribution in [0.1, 0.15) is 81.0 Å². The van der Waals surface area contributed by atoms with Crippen LogP contribution in [-0.4, -0.2) is 37.6 Å². The van der Waals surface area contributed by atoms with Gasteiger partial charge in [-0.1, -0.05) is 37.5 Å². The molecule has 0 radical (unpaired) electrons. The number of thiophene rings is 1. The third kappa shape index (κ3) is 6.50. The molecule has 0 bridgehead atoms. The molecule has 1 aromatic carbocycles. The van der Waals surface area contributed by atoms with Crippen molar-refractivity contribution in [2.45, 2.75) is 83.8 Å². The van der Waals surface area contributed by atoms with Crippen LogP contribution >= 0.6 is 11.3 Å². The molecule has 5 rings (SSSR count). The van der Waals surface area contributed by atoms with Crippen molar-refractivity contribution in [1.29, 1.82) is 0 Å². The first kappa shape index (κ1) is 27.8. The molecule has 1 N–H and O–H groups in total. The molecule has 1 aliphatic rings. The van der Waals surface area contributed by atoms with E-state index in [0.29, 0.717) is 23.2 Å². The highest BCUT2D eigenvalue weighted by atomic mass is 32.1. The minimum absolute atomic E-state index is 0.193. The summed E-state index contributed by atoms with van der Waals surface area (Å²) in [6.45, 7) is 7.43. The van der Waals surface area contributed by atoms with Crippen molar-refractivity contribution in [1.82, 2.24) is 25.5 Å². The summed E-state index contributed by atoms with van der Waals surface area (Å²) in [5.74, 6) is 1.46. The topological polar surface area (TPSA) is 106 Å². The highest BCUT2D eigenvalue weighted by molar-refractivity contribution is 7.10. The molecule has 0 unspecified atom stereocenters. The van der Waals surface area contributed by atoms with E-state index < -0.39 is 11.6 Å². The zero-order chi connectivity index (χ0) is 28.3. The first-order valence-electron chi connectivity index (χ1n) is 13.8. The second kappa shape index (κ2) is 11.8. The number of nitrogens with one attached hydrogen (secondary N) is 1. The summed E-state index contributed by atoms with van der Waals surface area (Å²) >= 11 is 1.44. The predicted molar refractivity (Wildman–Crippen MR) is 155 cm³/mol. The Morgan fingerprint density at radius 1 is 1.10 bits per heavy atom. The Morgan fingerprint density at radius 2 is 1.85 bits per heavy atom. The van der Waals surface area contributed by atoms with Gasteiger partial charge in [0, 0.05) is 16.1 Å². The van der Waals surface area contributed by atoms with Crippen LogP contribution < -0.4 is 10.2 Å². The summed E-state index contributed by atoms with van der Waals surface area (Å²) in [6, 6.07) is 14.6. The lowest BCUT2D eigenvalue weighted by Gasteiger charge is -2.33. The number of hydrogen-bond acceptors (Lipinski definition) is 7. The number of carbonyl (C=O) groups excluding carboxylic acids is 2. The fraction of sp³-hybridized carbons (Fsp3) is 0.433. The second-order valence-corrected chi connectivity index (χ2v) is 12.4. The molecule has 1 saturated carbocycles. The molecule has 0 saturated heterocycles. The molecule has 10 heteroatoms. The molecule has 0 aliphatic heterocycles. The van der Waals surface area contributed by atoms with E-state index in [1.54, 1.807) is 11.0 Å². The van der Waals surface area contributed by atoms with E-state index in [1.165, 1.54) is 53.8 Å². The molecule has 210 valence electrons. The average molecular weight is 561 g/mol. The van der Waals surface area contributed by atoms with Gasteiger partial charge in [-0.3, -0.25) is 14.5 Å². The number of hydrogen-bond donors (Lipinski definition) is 1. The summed E-state index contributed by atoms with van der Waals surface area (Å²) in [7, 11) is 0. The van der Waals surface area contributed by atoms with Crippen molar-refractivity contribution < 1.29 is 14.0 Å². The largest absolute Gasteiger partial charge is 0.458 e. The highest BCUT2D eigenvalue weighted by Gasteiger charge is 2.35. The minimum atomic E-state index is -0.858. The van der Waals surface area contributed by atoms with Gasteiger partial charge in [-0.2, -0.15) is 4.80 Å². The maximum atomic E-state index is 14.1. The number of aryl methyl sites for hydroxylation is 1. The maximum absolute atomic E-state index is 14.1. The Kier molecular flexibility index (Phi) is 8.16. The Bertz CT molecular complexity index is 1430. The van der Waals surface area contributed by atoms with Crippen molar-refractivity contribution >= 4 is 28.8 Å². The molecule has 2 amide bonds. The van der Waals surface area contributed by atoms with Gasteiger partial charge in [-0.15, -0.1) is 21.5 Å². The minimum Gasteiger partial charge on any atom is -0.458 e. The molecule has 3 heterocycles. The van der Waals surface area contributed by atoms with Gasteiger partial charge in [-0.25, -0.2) is 0 Å². The van der Waals surface area contributed by atoms with E-state index in [0.717, 1.165) is 10.6 Å². The van der Waals surface area contributed by atoms with E-state index in [2.05, 4.69) is 32.9 Å². The third-order valence-electron chi connectivity index (χ3n) is 7.02. The van der Waals surface area contributed by atoms with Crippen LogP contribution in [0.3, 0.4) is 0 Å². The Morgan fingerprint density at radius 3 is 2.48 bits per heavy atom. The summed E-state index contributed by atoms with van der Waals surface area (Å²) in [5, 5.41) is 17.5. The van der Waals surface area contributed by atoms with Crippen molar-refractivity contribution in [2.24, 2.45) is 0 Å². The molecule has 0 spiro atoms. The highest BCUT2D eigenvalue weighted by Crippen LogP contribution is 2.36. The van der Waals surface area contributed by atoms with Gasteiger partial charge < -0.3 is 9.73 Å². The van der Waals surface area contributed by atoms with Crippen molar-refractivity contribution in [3.8, 4) is 11.6 Å². The number of nitrogens with zero attached hydrogens (tertiary/aromatic N) is 5. The Hall–Kier alpha value is -3.79. The summed E-state index contributed by atoms with van der Waals surface area (Å²) in [4.78, 5) is 31.4. The van der Waals surface area contributed by atoms with Crippen LogP contribution in [0.5, 0.6) is 0 Å². The first-order valence-corrected chi connectivity index (χ1v) is 14.7. The molecule has 1 atom stereocenters. The smallest absolute Gasteiger partial charge is 0.251 e. The van der Waals surface area contributed by atoms with Crippen LogP contribution in [-0.2, 0) is 16.1 Å². The van der Waals surface area contributed by atoms with Crippen LogP contribution in [0, 0.1) is 6.92 Å². The summed E-state index contributed by atoms with van der Waals surface area (Å²) < 4.78 is 5.61. The molecule has 1 aliphatic carbocycles. The average Bonchev–Trinajstić information content (AvgIpc) is 3.69. The SMILES string of the molecule is Cc1ccc(-c2nnn(CC(=O)N(c3ccc(C4CCCCC4)cc3)[C@@H](C(=O)NC(C)(C)C)c3cccs3)n2)o1. The molecule has 9 nitrogen and oxygen atoms in total. The van der Waals surface area contributed by atoms with Crippen molar-refractivity contribution in [2.75, 3.05) is 4.90 Å². The molecule has 3 aromatic heterocycles. The van der Waals surface area contributed by atoms with E-state index in [9.17, 15) is 9.59 Å². The number of aromatic nitrogens is 4. The van der Waals surface area contributed by atoms with Gasteiger partial charge in [0.2, 0.25) is 11.7 Å². The van der Waals surface area contributed by atoms with Crippen LogP contribution in [0.15, 0.2) is 58.3 Å². The molecular weight excluding hydrogens is 524 g/mol. The van der Waals surface area contributed by atoms with Crippen LogP contribution in [0.2, 0.25) is 0 Å². The number of rotatable bonds is 8. The first-order chi connectivity index (χ1) is 19.2. The van der Waals surface area contributed by atoms with Crippen molar-refractivity contribution in [3.63, 3.8) is 0 Å². The van der Waals surface area contributed by atoms with E-state index in [1.807, 2.05) is 63.4 Å². The van der Waals surface area contributed by atoms with Crippen LogP contribution in [0.25, 0.3) is 11.6 Å². The number of anilines is 1. The van der Waals surface area contributed by atoms with Gasteiger partial charge in [0.1, 0.15) is 18.3 Å². The Balaban J connectivity index is 1.49. The number of tetrazole rings is 1. The van der Waals surface area contributed by atoms with E-state index in [4.69, 9.17) is 4.42 Å². The lowest BCUT2D eigenvalue weighted by Crippen LogP contribution is -2.50. The number of carbonyl (C=O) groups is 2. The Labute approximate surface area is 238 Å². The zero-order valence-corrected chi connectivity index (χ0v) is 24.3. The van der Waals surface area contributed by atoms with Gasteiger partial charge in [-0.05, 0) is 92.9 Å². The fourth-order valence-electron chi connectivity index (χ4n) is 5.20. The van der Waals surface area contributed by atoms with Gasteiger partial charge in [0.25, 0.3) is 5.91 Å². The number of amides is 2. The summed E-state index contributed by atoms with van der Waals surface area (Å²) in [5.41, 5.74) is 1.45. The third-order valence-corrected chi connectivity index (χ3v) is 7.95. The normalized spacial score (nSPS) is 15.1. The van der Waals surface area contributed by atoms with Gasteiger partial charge in [0.15, 0.2) is 5.76 Å². The quantitative estimate of drug-likeness (QED) is 0.282. The van der Waals surface area contributed by atoms with Crippen LogP contribution in [0.4, 0.5) is 5.69 Å². The van der Waals surface area contributed by atoms with Crippen molar-refractivity contribution in [3.05, 3.63) is 70.1 Å². The van der Waals surface area contributed by atoms with Gasteiger partial charge in [0.05, 0.1) is 0 Å². The van der Waals surface area contributed by atoms with E-state index in [-0.39, 0.29) is 18.4 Å². The zero-order valence-electron chi connectivity index (χ0n) is 23.5. The predicted octanol–water partition coefficient (Wildman–Crippen LogP) is 6.04.